The van der Waals surface area contributed by atoms with Gasteiger partial charge in [-0.3, -0.25) is 9.48 Å². The Kier molecular flexibility index (Phi) is 5.75. The molecule has 1 N–H and O–H groups in total. The summed E-state index contributed by atoms with van der Waals surface area (Å²) in [6.07, 6.45) is 6.52. The molecule has 27 heavy (non-hydrogen) atoms. The molecule has 1 amide bonds. The Hall–Kier alpha value is -2.87. The van der Waals surface area contributed by atoms with Gasteiger partial charge in [-0.25, -0.2) is 0 Å². The predicted octanol–water partition coefficient (Wildman–Crippen LogP) is 3.96. The van der Waals surface area contributed by atoms with E-state index in [4.69, 9.17) is 9.26 Å². The lowest BCUT2D eigenvalue weighted by molar-refractivity contribution is -0.111. The molecule has 0 saturated heterocycles. The van der Waals surface area contributed by atoms with Gasteiger partial charge in [-0.1, -0.05) is 21.1 Å². The van der Waals surface area contributed by atoms with Gasteiger partial charge in [-0.2, -0.15) is 5.10 Å². The SMILES string of the molecule is COc1ccc(Br)cc1/C=C/C(=O)Nc1cnn(Cc2c(C)noc2C)c1. The summed E-state index contributed by atoms with van der Waals surface area (Å²) in [6.45, 7) is 4.28. The van der Waals surface area contributed by atoms with Crippen molar-refractivity contribution in [2.75, 3.05) is 12.4 Å². The summed E-state index contributed by atoms with van der Waals surface area (Å²) in [4.78, 5) is 12.2. The first-order valence-corrected chi connectivity index (χ1v) is 9.02. The van der Waals surface area contributed by atoms with E-state index >= 15 is 0 Å². The fourth-order valence-corrected chi connectivity index (χ4v) is 2.97. The number of hydrogen-bond donors (Lipinski definition) is 1. The number of aryl methyl sites for hydroxylation is 2. The summed E-state index contributed by atoms with van der Waals surface area (Å²) in [5.74, 6) is 1.20. The van der Waals surface area contributed by atoms with Crippen molar-refractivity contribution in [3.8, 4) is 5.75 Å². The van der Waals surface area contributed by atoms with Crippen LogP contribution in [-0.2, 0) is 11.3 Å². The second kappa shape index (κ2) is 8.22. The van der Waals surface area contributed by atoms with Gasteiger partial charge in [-0.15, -0.1) is 0 Å². The first-order chi connectivity index (χ1) is 13.0. The lowest BCUT2D eigenvalue weighted by Crippen LogP contribution is -2.07. The molecule has 3 rings (SSSR count). The average molecular weight is 431 g/mol. The highest BCUT2D eigenvalue weighted by Crippen LogP contribution is 2.24. The Labute approximate surface area is 165 Å². The molecule has 0 spiro atoms. The number of nitrogens with zero attached hydrogens (tertiary/aromatic N) is 3. The highest BCUT2D eigenvalue weighted by Gasteiger charge is 2.11. The van der Waals surface area contributed by atoms with Crippen LogP contribution in [0.1, 0.15) is 22.6 Å². The predicted molar refractivity (Wildman–Crippen MR) is 106 cm³/mol. The second-order valence-electron chi connectivity index (χ2n) is 5.94. The van der Waals surface area contributed by atoms with Crippen LogP contribution in [-0.4, -0.2) is 28.0 Å². The van der Waals surface area contributed by atoms with Gasteiger partial charge < -0.3 is 14.6 Å². The van der Waals surface area contributed by atoms with Gasteiger partial charge in [0, 0.05) is 27.9 Å². The third-order valence-electron chi connectivity index (χ3n) is 4.01. The third-order valence-corrected chi connectivity index (χ3v) is 4.50. The van der Waals surface area contributed by atoms with E-state index in [0.29, 0.717) is 18.0 Å². The lowest BCUT2D eigenvalue weighted by Gasteiger charge is -2.05. The number of methoxy groups -OCH3 is 1. The van der Waals surface area contributed by atoms with Crippen molar-refractivity contribution >= 4 is 33.6 Å². The molecule has 3 aromatic rings. The zero-order valence-electron chi connectivity index (χ0n) is 15.2. The van der Waals surface area contributed by atoms with Gasteiger partial charge in [0.15, 0.2) is 0 Å². The molecule has 7 nitrogen and oxygen atoms in total. The molecule has 8 heteroatoms. The van der Waals surface area contributed by atoms with E-state index in [9.17, 15) is 4.79 Å². The zero-order chi connectivity index (χ0) is 19.4. The van der Waals surface area contributed by atoms with Crippen molar-refractivity contribution in [1.29, 1.82) is 0 Å². The number of hydrogen-bond acceptors (Lipinski definition) is 5. The Balaban J connectivity index is 1.65. The van der Waals surface area contributed by atoms with E-state index in [1.165, 1.54) is 6.08 Å². The van der Waals surface area contributed by atoms with Gasteiger partial charge in [0.25, 0.3) is 0 Å². The highest BCUT2D eigenvalue weighted by molar-refractivity contribution is 9.10. The summed E-state index contributed by atoms with van der Waals surface area (Å²) in [7, 11) is 1.59. The highest BCUT2D eigenvalue weighted by atomic mass is 79.9. The molecule has 2 heterocycles. The summed E-state index contributed by atoms with van der Waals surface area (Å²) in [5, 5.41) is 11.0. The molecule has 0 unspecified atom stereocenters. The van der Waals surface area contributed by atoms with E-state index in [1.54, 1.807) is 30.3 Å². The van der Waals surface area contributed by atoms with Crippen molar-refractivity contribution in [2.45, 2.75) is 20.4 Å². The van der Waals surface area contributed by atoms with E-state index in [0.717, 1.165) is 27.1 Å². The Morgan fingerprint density at radius 3 is 2.93 bits per heavy atom. The molecule has 0 radical (unpaired) electrons. The number of amides is 1. The molecular weight excluding hydrogens is 412 g/mol. The van der Waals surface area contributed by atoms with Gasteiger partial charge >= 0.3 is 0 Å². The van der Waals surface area contributed by atoms with Gasteiger partial charge in [-0.05, 0) is 38.1 Å². The number of carbonyl (C=O) groups is 1. The molecule has 1 aromatic carbocycles. The molecule has 0 fully saturated rings. The molecular formula is C19H19BrN4O3. The third kappa shape index (κ3) is 4.65. The quantitative estimate of drug-likeness (QED) is 0.598. The average Bonchev–Trinajstić information content (AvgIpc) is 3.21. The summed E-state index contributed by atoms with van der Waals surface area (Å²) in [6, 6.07) is 5.59. The standard InChI is InChI=1S/C19H19BrN4O3/c1-12-17(13(2)27-23-12)11-24-10-16(9-21-24)22-19(25)7-4-14-8-15(20)5-6-18(14)26-3/h4-10H,11H2,1-3H3,(H,22,25)/b7-4+. The van der Waals surface area contributed by atoms with Crippen molar-refractivity contribution in [2.24, 2.45) is 0 Å². The maximum Gasteiger partial charge on any atom is 0.248 e. The van der Waals surface area contributed by atoms with Gasteiger partial charge in [0.2, 0.25) is 5.91 Å². The normalized spacial score (nSPS) is 11.1. The Bertz CT molecular complexity index is 971. The van der Waals surface area contributed by atoms with Crippen molar-refractivity contribution in [1.82, 2.24) is 14.9 Å². The van der Waals surface area contributed by atoms with Crippen LogP contribution in [0.2, 0.25) is 0 Å². The molecule has 0 aliphatic carbocycles. The van der Waals surface area contributed by atoms with Crippen LogP contribution in [0.4, 0.5) is 5.69 Å². The minimum Gasteiger partial charge on any atom is -0.496 e. The minimum absolute atomic E-state index is 0.256. The largest absolute Gasteiger partial charge is 0.496 e. The van der Waals surface area contributed by atoms with Crippen LogP contribution in [0, 0.1) is 13.8 Å². The topological polar surface area (TPSA) is 82.2 Å². The van der Waals surface area contributed by atoms with Crippen LogP contribution in [0.5, 0.6) is 5.75 Å². The lowest BCUT2D eigenvalue weighted by atomic mass is 10.2. The maximum absolute atomic E-state index is 12.2. The molecule has 0 bridgehead atoms. The number of carbonyl (C=O) groups excluding carboxylic acids is 1. The van der Waals surface area contributed by atoms with Crippen LogP contribution in [0.15, 0.2) is 45.7 Å². The van der Waals surface area contributed by atoms with Crippen molar-refractivity contribution in [3.05, 3.63) is 63.7 Å². The number of rotatable bonds is 6. The molecule has 0 saturated carbocycles. The van der Waals surface area contributed by atoms with Crippen LogP contribution in [0.25, 0.3) is 6.08 Å². The smallest absolute Gasteiger partial charge is 0.248 e. The maximum atomic E-state index is 12.2. The number of benzene rings is 1. The van der Waals surface area contributed by atoms with E-state index in [2.05, 4.69) is 31.5 Å². The Morgan fingerprint density at radius 1 is 1.41 bits per heavy atom. The van der Waals surface area contributed by atoms with Crippen molar-refractivity contribution < 1.29 is 14.1 Å². The van der Waals surface area contributed by atoms with Gasteiger partial charge in [0.05, 0.1) is 31.2 Å². The fraction of sp³-hybridized carbons (Fsp3) is 0.211. The second-order valence-corrected chi connectivity index (χ2v) is 6.85. The van der Waals surface area contributed by atoms with Crippen LogP contribution < -0.4 is 10.1 Å². The molecule has 0 atom stereocenters. The van der Waals surface area contributed by atoms with Crippen LogP contribution >= 0.6 is 15.9 Å². The zero-order valence-corrected chi connectivity index (χ0v) is 16.8. The van der Waals surface area contributed by atoms with E-state index < -0.39 is 0 Å². The number of ether oxygens (including phenoxy) is 1. The number of nitrogens with one attached hydrogen (secondary N) is 1. The minimum atomic E-state index is -0.256. The molecule has 0 aliphatic heterocycles. The summed E-state index contributed by atoms with van der Waals surface area (Å²) < 4.78 is 13.1. The first kappa shape index (κ1) is 18.9. The van der Waals surface area contributed by atoms with Crippen LogP contribution in [0.3, 0.4) is 0 Å². The fourth-order valence-electron chi connectivity index (χ4n) is 2.59. The first-order valence-electron chi connectivity index (χ1n) is 8.23. The number of anilines is 1. The monoisotopic (exact) mass is 430 g/mol. The number of aromatic nitrogens is 3. The Morgan fingerprint density at radius 2 is 2.22 bits per heavy atom. The van der Waals surface area contributed by atoms with E-state index in [1.807, 2.05) is 32.0 Å². The summed E-state index contributed by atoms with van der Waals surface area (Å²) >= 11 is 3.41. The van der Waals surface area contributed by atoms with Crippen molar-refractivity contribution in [3.63, 3.8) is 0 Å². The molecule has 140 valence electrons. The number of halogens is 1. The van der Waals surface area contributed by atoms with Gasteiger partial charge in [0.1, 0.15) is 11.5 Å². The molecule has 2 aromatic heterocycles. The molecule has 0 aliphatic rings. The summed E-state index contributed by atoms with van der Waals surface area (Å²) in [5.41, 5.74) is 3.23. The van der Waals surface area contributed by atoms with E-state index in [-0.39, 0.29) is 5.91 Å².